The molecule has 15 heavy (non-hydrogen) atoms. The van der Waals surface area contributed by atoms with Crippen molar-refractivity contribution in [1.82, 2.24) is 0 Å². The molecule has 1 unspecified atom stereocenters. The molecule has 0 aromatic heterocycles. The predicted octanol–water partition coefficient (Wildman–Crippen LogP) is 4.38. The topological polar surface area (TPSA) is 0 Å². The molecule has 79 valence electrons. The quantitative estimate of drug-likeness (QED) is 0.677. The van der Waals surface area contributed by atoms with Gasteiger partial charge in [-0.15, -0.1) is 0 Å². The summed E-state index contributed by atoms with van der Waals surface area (Å²) in [6, 6.07) is 7.17. The summed E-state index contributed by atoms with van der Waals surface area (Å²) in [5, 5.41) is 0. The maximum absolute atomic E-state index is 4.20. The Hall–Kier alpha value is -0.780. The van der Waals surface area contributed by atoms with Gasteiger partial charge in [0.05, 0.1) is 0 Å². The average molecular weight is 199 g/mol. The standard InChI is InChI=1S/C15H19/c1-10(2)15-9-13(11-3-4-11)7-8-14(15)12-5-6-12/h7-12H,1,3-6H2,2H3. The average Bonchev–Trinajstić information content (AvgIpc) is 3.07. The Balaban J connectivity index is 1.99. The van der Waals surface area contributed by atoms with Gasteiger partial charge in [-0.25, -0.2) is 0 Å². The number of rotatable bonds is 3. The minimum atomic E-state index is 0.444. The Morgan fingerprint density at radius 3 is 2.33 bits per heavy atom. The van der Waals surface area contributed by atoms with Crippen molar-refractivity contribution in [2.75, 3.05) is 0 Å². The number of hydrogen-bond acceptors (Lipinski definition) is 0. The van der Waals surface area contributed by atoms with E-state index >= 15 is 0 Å². The third-order valence-electron chi connectivity index (χ3n) is 3.71. The van der Waals surface area contributed by atoms with Crippen LogP contribution in [0.25, 0.3) is 0 Å². The van der Waals surface area contributed by atoms with E-state index in [1.807, 2.05) is 0 Å². The van der Waals surface area contributed by atoms with Crippen LogP contribution in [0.3, 0.4) is 0 Å². The van der Waals surface area contributed by atoms with Crippen molar-refractivity contribution in [3.05, 3.63) is 41.8 Å². The molecule has 2 aliphatic rings. The lowest BCUT2D eigenvalue weighted by Crippen LogP contribution is -1.96. The summed E-state index contributed by atoms with van der Waals surface area (Å²) in [5.41, 5.74) is 4.66. The summed E-state index contributed by atoms with van der Waals surface area (Å²) in [5.74, 6) is 2.17. The van der Waals surface area contributed by atoms with Gasteiger partial charge in [0.25, 0.3) is 0 Å². The highest BCUT2D eigenvalue weighted by Gasteiger charge is 2.29. The summed E-state index contributed by atoms with van der Waals surface area (Å²) in [7, 11) is 0. The van der Waals surface area contributed by atoms with Gasteiger partial charge in [-0.3, -0.25) is 0 Å². The molecular formula is C15H19. The van der Waals surface area contributed by atoms with Crippen molar-refractivity contribution in [3.8, 4) is 0 Å². The van der Waals surface area contributed by atoms with Gasteiger partial charge in [0, 0.05) is 0 Å². The monoisotopic (exact) mass is 199 g/mol. The molecule has 0 nitrogen and oxygen atoms in total. The molecule has 3 rings (SSSR count). The molecule has 1 aromatic rings. The highest BCUT2D eigenvalue weighted by molar-refractivity contribution is 5.41. The molecule has 1 atom stereocenters. The Morgan fingerprint density at radius 2 is 1.80 bits per heavy atom. The maximum atomic E-state index is 4.20. The van der Waals surface area contributed by atoms with E-state index in [0.29, 0.717) is 5.92 Å². The first-order valence-corrected chi connectivity index (χ1v) is 6.22. The molecule has 1 aromatic carbocycles. The largest absolute Gasteiger partial charge is 0.0585 e. The molecule has 0 bridgehead atoms. The third-order valence-corrected chi connectivity index (χ3v) is 3.71. The highest BCUT2D eigenvalue weighted by atomic mass is 14.3. The molecule has 0 aliphatic heterocycles. The fourth-order valence-corrected chi connectivity index (χ4v) is 2.46. The second kappa shape index (κ2) is 3.37. The van der Waals surface area contributed by atoms with E-state index in [4.69, 9.17) is 0 Å². The molecule has 0 spiro atoms. The first kappa shape index (κ1) is 9.45. The van der Waals surface area contributed by atoms with E-state index < -0.39 is 0 Å². The highest BCUT2D eigenvalue weighted by Crippen LogP contribution is 2.46. The minimum Gasteiger partial charge on any atom is -0.0585 e. The Labute approximate surface area is 92.7 Å². The normalized spacial score (nSPS) is 21.0. The van der Waals surface area contributed by atoms with Crippen LogP contribution in [0.4, 0.5) is 0 Å². The van der Waals surface area contributed by atoms with Gasteiger partial charge in [0.1, 0.15) is 0 Å². The summed E-state index contributed by atoms with van der Waals surface area (Å²) >= 11 is 0. The van der Waals surface area contributed by atoms with Crippen LogP contribution < -0.4 is 0 Å². The van der Waals surface area contributed by atoms with Crippen LogP contribution in [0.15, 0.2) is 18.2 Å². The van der Waals surface area contributed by atoms with Gasteiger partial charge in [0.15, 0.2) is 0 Å². The van der Waals surface area contributed by atoms with Crippen LogP contribution in [-0.2, 0) is 0 Å². The Kier molecular flexibility index (Phi) is 2.12. The zero-order chi connectivity index (χ0) is 10.4. The summed E-state index contributed by atoms with van der Waals surface area (Å²) < 4.78 is 0. The molecule has 0 N–H and O–H groups in total. The van der Waals surface area contributed by atoms with Gasteiger partial charge in [-0.05, 0) is 67.1 Å². The fraction of sp³-hybridized carbons (Fsp3) is 0.533. The second-order valence-corrected chi connectivity index (χ2v) is 5.34. The lowest BCUT2D eigenvalue weighted by molar-refractivity contribution is 0.912. The van der Waals surface area contributed by atoms with E-state index in [9.17, 15) is 0 Å². The van der Waals surface area contributed by atoms with E-state index in [1.165, 1.54) is 31.2 Å². The van der Waals surface area contributed by atoms with Crippen molar-refractivity contribution in [3.63, 3.8) is 0 Å². The zero-order valence-corrected chi connectivity index (χ0v) is 9.50. The van der Waals surface area contributed by atoms with E-state index in [0.717, 1.165) is 11.8 Å². The lowest BCUT2D eigenvalue weighted by atomic mass is 9.91. The van der Waals surface area contributed by atoms with Crippen LogP contribution in [0, 0.1) is 6.92 Å². The van der Waals surface area contributed by atoms with Gasteiger partial charge >= 0.3 is 0 Å². The van der Waals surface area contributed by atoms with Crippen LogP contribution >= 0.6 is 0 Å². The molecule has 0 amide bonds. The van der Waals surface area contributed by atoms with Crippen LogP contribution in [0.1, 0.15) is 67.1 Å². The van der Waals surface area contributed by atoms with Crippen molar-refractivity contribution < 1.29 is 0 Å². The summed E-state index contributed by atoms with van der Waals surface area (Å²) in [6.07, 6.45) is 5.58. The first-order valence-electron chi connectivity index (χ1n) is 6.22. The molecule has 0 heterocycles. The van der Waals surface area contributed by atoms with E-state index in [-0.39, 0.29) is 0 Å². The molecule has 2 saturated carbocycles. The molecular weight excluding hydrogens is 180 g/mol. The smallest absolute Gasteiger partial charge is 0.0159 e. The predicted molar refractivity (Wildman–Crippen MR) is 64.2 cm³/mol. The molecule has 0 heteroatoms. The van der Waals surface area contributed by atoms with E-state index in [1.54, 1.807) is 11.1 Å². The molecule has 2 fully saturated rings. The van der Waals surface area contributed by atoms with Gasteiger partial charge in [-0.2, -0.15) is 0 Å². The first-order chi connectivity index (χ1) is 7.25. The number of benzene rings is 1. The molecule has 1 radical (unpaired) electrons. The van der Waals surface area contributed by atoms with Gasteiger partial charge in [0.2, 0.25) is 0 Å². The number of hydrogen-bond donors (Lipinski definition) is 0. The van der Waals surface area contributed by atoms with Crippen LogP contribution in [0.5, 0.6) is 0 Å². The summed E-state index contributed by atoms with van der Waals surface area (Å²) in [4.78, 5) is 0. The van der Waals surface area contributed by atoms with Gasteiger partial charge < -0.3 is 0 Å². The second-order valence-electron chi connectivity index (χ2n) is 5.34. The van der Waals surface area contributed by atoms with Crippen molar-refractivity contribution >= 4 is 0 Å². The van der Waals surface area contributed by atoms with Crippen molar-refractivity contribution in [2.45, 2.75) is 50.4 Å². The van der Waals surface area contributed by atoms with Crippen molar-refractivity contribution in [1.29, 1.82) is 0 Å². The lowest BCUT2D eigenvalue weighted by Gasteiger charge is -2.14. The van der Waals surface area contributed by atoms with Crippen LogP contribution in [-0.4, -0.2) is 0 Å². The maximum Gasteiger partial charge on any atom is -0.0159 e. The Bertz CT molecular complexity index is 368. The van der Waals surface area contributed by atoms with E-state index in [2.05, 4.69) is 32.0 Å². The molecule has 0 saturated heterocycles. The third kappa shape index (κ3) is 1.82. The van der Waals surface area contributed by atoms with Crippen molar-refractivity contribution in [2.24, 2.45) is 0 Å². The Morgan fingerprint density at radius 1 is 1.13 bits per heavy atom. The SMILES string of the molecule is [CH2]C(C)c1cc(C2CC2)ccc1C1CC1. The zero-order valence-electron chi connectivity index (χ0n) is 9.50. The van der Waals surface area contributed by atoms with Crippen LogP contribution in [0.2, 0.25) is 0 Å². The summed E-state index contributed by atoms with van der Waals surface area (Å²) in [6.45, 7) is 6.42. The minimum absolute atomic E-state index is 0.444. The van der Waals surface area contributed by atoms with Gasteiger partial charge in [-0.1, -0.05) is 25.1 Å². The fourth-order valence-electron chi connectivity index (χ4n) is 2.46. The molecule has 2 aliphatic carbocycles.